The van der Waals surface area contributed by atoms with E-state index in [0.29, 0.717) is 11.7 Å². The van der Waals surface area contributed by atoms with Crippen LogP contribution in [0.25, 0.3) is 11.4 Å². The minimum absolute atomic E-state index is 0.101. The largest absolute Gasteiger partial charge is 0.497 e. The van der Waals surface area contributed by atoms with Gasteiger partial charge in [-0.3, -0.25) is 9.36 Å². The maximum atomic E-state index is 12.4. The lowest BCUT2D eigenvalue weighted by atomic mass is 10.1. The third-order valence-corrected chi connectivity index (χ3v) is 6.35. The summed E-state index contributed by atoms with van der Waals surface area (Å²) in [6.45, 7) is 8.71. The highest BCUT2D eigenvalue weighted by atomic mass is 32.2. The molecule has 0 spiro atoms. The van der Waals surface area contributed by atoms with Crippen molar-refractivity contribution in [3.63, 3.8) is 0 Å². The summed E-state index contributed by atoms with van der Waals surface area (Å²) >= 11 is 3.09. The number of carbonyl (C=O) groups excluding carboxylic acids is 1. The van der Waals surface area contributed by atoms with E-state index in [2.05, 4.69) is 41.3 Å². The number of amides is 1. The first-order chi connectivity index (χ1) is 14.1. The molecule has 6 nitrogen and oxygen atoms in total. The van der Waals surface area contributed by atoms with E-state index in [4.69, 9.17) is 4.74 Å². The molecule has 0 saturated carbocycles. The minimum Gasteiger partial charge on any atom is -0.497 e. The van der Waals surface area contributed by atoms with Gasteiger partial charge in [-0.05, 0) is 43.2 Å². The number of aryl methyl sites for hydroxylation is 1. The Labute approximate surface area is 179 Å². The number of thioether (sulfide) groups is 1. The number of hydrogen-bond donors (Lipinski definition) is 1. The molecule has 1 amide bonds. The van der Waals surface area contributed by atoms with Gasteiger partial charge in [0.1, 0.15) is 5.75 Å². The zero-order chi connectivity index (χ0) is 20.8. The predicted molar refractivity (Wildman–Crippen MR) is 120 cm³/mol. The molecule has 8 heteroatoms. The molecule has 0 saturated heterocycles. The zero-order valence-electron chi connectivity index (χ0n) is 16.8. The van der Waals surface area contributed by atoms with Crippen molar-refractivity contribution in [3.05, 3.63) is 52.7 Å². The number of allylic oxidation sites excluding steroid dienone is 1. The van der Waals surface area contributed by atoms with Gasteiger partial charge >= 0.3 is 0 Å². The summed E-state index contributed by atoms with van der Waals surface area (Å²) in [4.78, 5) is 13.6. The van der Waals surface area contributed by atoms with Gasteiger partial charge in [-0.2, -0.15) is 0 Å². The van der Waals surface area contributed by atoms with Crippen molar-refractivity contribution in [2.24, 2.45) is 0 Å². The molecule has 29 heavy (non-hydrogen) atoms. The van der Waals surface area contributed by atoms with E-state index in [0.717, 1.165) is 29.2 Å². The molecule has 3 rings (SSSR count). The molecule has 1 aromatic carbocycles. The van der Waals surface area contributed by atoms with Crippen LogP contribution in [0, 0.1) is 6.92 Å². The standard InChI is InChI=1S/C21H24N4O2S2/c1-5-11-25-20(18-12-28-14(3)17(18)6-2)23-24-21(25)29-13-19(26)22-15-7-9-16(27-4)10-8-15/h5,7-10,12H,1,6,11,13H2,2-4H3,(H,22,26). The molecule has 0 atom stereocenters. The van der Waals surface area contributed by atoms with Crippen molar-refractivity contribution in [1.82, 2.24) is 14.8 Å². The number of anilines is 1. The number of thiophene rings is 1. The first-order valence-corrected chi connectivity index (χ1v) is 11.1. The van der Waals surface area contributed by atoms with Crippen LogP contribution in [0.3, 0.4) is 0 Å². The summed E-state index contributed by atoms with van der Waals surface area (Å²) in [6.07, 6.45) is 2.76. The number of rotatable bonds is 9. The Bertz CT molecular complexity index is 993. The monoisotopic (exact) mass is 428 g/mol. The molecule has 0 radical (unpaired) electrons. The smallest absolute Gasteiger partial charge is 0.234 e. The van der Waals surface area contributed by atoms with Crippen LogP contribution in [0.5, 0.6) is 5.75 Å². The van der Waals surface area contributed by atoms with E-state index in [1.807, 2.05) is 34.9 Å². The molecule has 2 heterocycles. The second kappa shape index (κ2) is 9.76. The molecule has 0 unspecified atom stereocenters. The van der Waals surface area contributed by atoms with Crippen LogP contribution in [0.4, 0.5) is 5.69 Å². The second-order valence-corrected chi connectivity index (χ2v) is 8.33. The van der Waals surface area contributed by atoms with Crippen LogP contribution in [0.1, 0.15) is 17.4 Å². The van der Waals surface area contributed by atoms with Gasteiger partial charge in [0.2, 0.25) is 5.91 Å². The van der Waals surface area contributed by atoms with E-state index >= 15 is 0 Å². The zero-order valence-corrected chi connectivity index (χ0v) is 18.4. The molecule has 0 aliphatic heterocycles. The number of nitrogens with one attached hydrogen (secondary N) is 1. The summed E-state index contributed by atoms with van der Waals surface area (Å²) in [5.74, 6) is 1.71. The molecule has 0 aliphatic rings. The minimum atomic E-state index is -0.101. The topological polar surface area (TPSA) is 69.0 Å². The summed E-state index contributed by atoms with van der Waals surface area (Å²) in [6, 6.07) is 7.24. The lowest BCUT2D eigenvalue weighted by Gasteiger charge is -2.09. The number of benzene rings is 1. The number of aromatic nitrogens is 3. The fourth-order valence-corrected chi connectivity index (χ4v) is 4.68. The van der Waals surface area contributed by atoms with E-state index in [-0.39, 0.29) is 11.7 Å². The summed E-state index contributed by atoms with van der Waals surface area (Å²) < 4.78 is 7.14. The highest BCUT2D eigenvalue weighted by Gasteiger charge is 2.19. The second-order valence-electron chi connectivity index (χ2n) is 6.31. The molecule has 152 valence electrons. The Hall–Kier alpha value is -2.58. The molecule has 2 aromatic heterocycles. The Morgan fingerprint density at radius 3 is 2.76 bits per heavy atom. The number of nitrogens with zero attached hydrogens (tertiary/aromatic N) is 3. The first kappa shape index (κ1) is 21.1. The van der Waals surface area contributed by atoms with Gasteiger partial charge in [0.15, 0.2) is 11.0 Å². The molecular formula is C21H24N4O2S2. The van der Waals surface area contributed by atoms with Crippen LogP contribution in [0.2, 0.25) is 0 Å². The predicted octanol–water partition coefficient (Wildman–Crippen LogP) is 4.80. The average molecular weight is 429 g/mol. The SMILES string of the molecule is C=CCn1c(SCC(=O)Nc2ccc(OC)cc2)nnc1-c1csc(C)c1CC. The van der Waals surface area contributed by atoms with Crippen molar-refractivity contribution in [2.75, 3.05) is 18.2 Å². The number of methoxy groups -OCH3 is 1. The maximum absolute atomic E-state index is 12.4. The normalized spacial score (nSPS) is 10.7. The van der Waals surface area contributed by atoms with Crippen molar-refractivity contribution >= 4 is 34.7 Å². The van der Waals surface area contributed by atoms with Gasteiger partial charge in [-0.1, -0.05) is 24.8 Å². The summed E-state index contributed by atoms with van der Waals surface area (Å²) in [5, 5.41) is 14.5. The van der Waals surface area contributed by atoms with Gasteiger partial charge in [0.05, 0.1) is 12.9 Å². The van der Waals surface area contributed by atoms with E-state index in [1.54, 1.807) is 18.4 Å². The average Bonchev–Trinajstić information content (AvgIpc) is 3.29. The highest BCUT2D eigenvalue weighted by molar-refractivity contribution is 7.99. The third-order valence-electron chi connectivity index (χ3n) is 4.43. The van der Waals surface area contributed by atoms with Crippen LogP contribution < -0.4 is 10.1 Å². The van der Waals surface area contributed by atoms with Gasteiger partial charge in [-0.25, -0.2) is 0 Å². The van der Waals surface area contributed by atoms with Crippen LogP contribution in [0.15, 0.2) is 47.5 Å². The van der Waals surface area contributed by atoms with E-state index < -0.39 is 0 Å². The molecule has 0 bridgehead atoms. The Kier molecular flexibility index (Phi) is 7.11. The van der Waals surface area contributed by atoms with Gasteiger partial charge < -0.3 is 10.1 Å². The quantitative estimate of drug-likeness (QED) is 0.391. The maximum Gasteiger partial charge on any atom is 0.234 e. The van der Waals surface area contributed by atoms with E-state index in [9.17, 15) is 4.79 Å². The molecule has 1 N–H and O–H groups in total. The van der Waals surface area contributed by atoms with Gasteiger partial charge in [0, 0.05) is 28.1 Å². The van der Waals surface area contributed by atoms with Crippen LogP contribution >= 0.6 is 23.1 Å². The van der Waals surface area contributed by atoms with Crippen molar-refractivity contribution in [1.29, 1.82) is 0 Å². The van der Waals surface area contributed by atoms with Gasteiger partial charge in [-0.15, -0.1) is 28.1 Å². The number of carbonyl (C=O) groups is 1. The first-order valence-electron chi connectivity index (χ1n) is 9.25. The van der Waals surface area contributed by atoms with Crippen molar-refractivity contribution in [2.45, 2.75) is 32.0 Å². The van der Waals surface area contributed by atoms with Crippen LogP contribution in [-0.2, 0) is 17.8 Å². The Morgan fingerprint density at radius 1 is 1.34 bits per heavy atom. The lowest BCUT2D eigenvalue weighted by molar-refractivity contribution is -0.113. The lowest BCUT2D eigenvalue weighted by Crippen LogP contribution is -2.14. The number of ether oxygens (including phenoxy) is 1. The fraction of sp³-hybridized carbons (Fsp3) is 0.286. The fourth-order valence-electron chi connectivity index (χ4n) is 3.00. The summed E-state index contributed by atoms with van der Waals surface area (Å²) in [7, 11) is 1.61. The van der Waals surface area contributed by atoms with Crippen molar-refractivity contribution < 1.29 is 9.53 Å². The third kappa shape index (κ3) is 4.89. The Morgan fingerprint density at radius 2 is 2.10 bits per heavy atom. The molecule has 0 aliphatic carbocycles. The van der Waals surface area contributed by atoms with Gasteiger partial charge in [0.25, 0.3) is 0 Å². The Balaban J connectivity index is 1.72. The summed E-state index contributed by atoms with van der Waals surface area (Å²) in [5.41, 5.74) is 3.13. The van der Waals surface area contributed by atoms with E-state index in [1.165, 1.54) is 22.2 Å². The highest BCUT2D eigenvalue weighted by Crippen LogP contribution is 2.32. The molecular weight excluding hydrogens is 404 g/mol. The molecule has 3 aromatic rings. The number of hydrogen-bond acceptors (Lipinski definition) is 6. The van der Waals surface area contributed by atoms with Crippen molar-refractivity contribution in [3.8, 4) is 17.1 Å². The molecule has 0 fully saturated rings. The van der Waals surface area contributed by atoms with Crippen LogP contribution in [-0.4, -0.2) is 33.5 Å².